The van der Waals surface area contributed by atoms with Gasteiger partial charge in [0.15, 0.2) is 0 Å². The molecule has 31 heavy (non-hydrogen) atoms. The van der Waals surface area contributed by atoms with E-state index in [9.17, 15) is 9.59 Å². The van der Waals surface area contributed by atoms with Crippen LogP contribution in [0.4, 0.5) is 10.5 Å². The summed E-state index contributed by atoms with van der Waals surface area (Å²) < 4.78 is 1.97. The molecule has 2 saturated heterocycles. The van der Waals surface area contributed by atoms with Crippen LogP contribution in [0.1, 0.15) is 37.4 Å². The molecule has 9 nitrogen and oxygen atoms in total. The lowest BCUT2D eigenvalue weighted by Gasteiger charge is -2.35. The van der Waals surface area contributed by atoms with Gasteiger partial charge in [-0.3, -0.25) is 9.69 Å². The Balaban J connectivity index is 1.16. The highest BCUT2D eigenvalue weighted by atomic mass is 16.2. The van der Waals surface area contributed by atoms with Gasteiger partial charge in [0.25, 0.3) is 0 Å². The van der Waals surface area contributed by atoms with E-state index >= 15 is 0 Å². The SMILES string of the molecule is Cn1cnnc1C1CCN(C(=O)NC2CCN(CC(=O)Nc3ccccc3)CC2)CC1. The fourth-order valence-electron chi connectivity index (χ4n) is 4.43. The van der Waals surface area contributed by atoms with Gasteiger partial charge in [-0.2, -0.15) is 0 Å². The molecule has 2 aliphatic rings. The maximum atomic E-state index is 12.7. The highest BCUT2D eigenvalue weighted by Crippen LogP contribution is 2.26. The van der Waals surface area contributed by atoms with Gasteiger partial charge in [-0.15, -0.1) is 10.2 Å². The van der Waals surface area contributed by atoms with E-state index in [2.05, 4.69) is 25.7 Å². The van der Waals surface area contributed by atoms with Gasteiger partial charge in [-0.05, 0) is 37.8 Å². The van der Waals surface area contributed by atoms with Crippen molar-refractivity contribution in [1.82, 2.24) is 29.9 Å². The number of benzene rings is 1. The molecule has 2 fully saturated rings. The monoisotopic (exact) mass is 425 g/mol. The number of hydrogen-bond donors (Lipinski definition) is 2. The summed E-state index contributed by atoms with van der Waals surface area (Å²) in [6.45, 7) is 3.47. The minimum absolute atomic E-state index is 0.000492. The Labute approximate surface area is 182 Å². The zero-order chi connectivity index (χ0) is 21.6. The second-order valence-corrected chi connectivity index (χ2v) is 8.48. The van der Waals surface area contributed by atoms with Gasteiger partial charge < -0.3 is 20.1 Å². The molecular formula is C22H31N7O2. The lowest BCUT2D eigenvalue weighted by molar-refractivity contribution is -0.117. The Morgan fingerprint density at radius 2 is 1.74 bits per heavy atom. The second-order valence-electron chi connectivity index (χ2n) is 8.48. The predicted molar refractivity (Wildman–Crippen MR) is 118 cm³/mol. The van der Waals surface area contributed by atoms with Crippen molar-refractivity contribution >= 4 is 17.6 Å². The molecule has 9 heteroatoms. The number of nitrogens with one attached hydrogen (secondary N) is 2. The summed E-state index contributed by atoms with van der Waals surface area (Å²) >= 11 is 0. The van der Waals surface area contributed by atoms with Crippen molar-refractivity contribution in [2.24, 2.45) is 7.05 Å². The molecule has 2 N–H and O–H groups in total. The minimum atomic E-state index is -0.000492. The topological polar surface area (TPSA) is 95.4 Å². The number of piperidine rings is 2. The number of likely N-dealkylation sites (tertiary alicyclic amines) is 2. The van der Waals surface area contributed by atoms with E-state index in [1.807, 2.05) is 46.8 Å². The van der Waals surface area contributed by atoms with E-state index in [-0.39, 0.29) is 18.0 Å². The molecule has 3 amide bonds. The Bertz CT molecular complexity index is 869. The van der Waals surface area contributed by atoms with Gasteiger partial charge in [0.2, 0.25) is 5.91 Å². The van der Waals surface area contributed by atoms with Crippen LogP contribution >= 0.6 is 0 Å². The molecule has 3 heterocycles. The third-order valence-electron chi connectivity index (χ3n) is 6.23. The number of nitrogens with zero attached hydrogens (tertiary/aromatic N) is 5. The molecule has 0 radical (unpaired) electrons. The summed E-state index contributed by atoms with van der Waals surface area (Å²) in [5.41, 5.74) is 0.817. The van der Waals surface area contributed by atoms with Crippen molar-refractivity contribution in [2.45, 2.75) is 37.6 Å². The van der Waals surface area contributed by atoms with Crippen LogP contribution in [0.3, 0.4) is 0 Å². The first-order chi connectivity index (χ1) is 15.1. The molecule has 0 bridgehead atoms. The molecule has 0 aliphatic carbocycles. The van der Waals surface area contributed by atoms with E-state index in [1.54, 1.807) is 6.33 Å². The Hall–Kier alpha value is -2.94. The Kier molecular flexibility index (Phi) is 6.81. The fourth-order valence-corrected chi connectivity index (χ4v) is 4.43. The number of hydrogen-bond acceptors (Lipinski definition) is 5. The lowest BCUT2D eigenvalue weighted by atomic mass is 9.96. The quantitative estimate of drug-likeness (QED) is 0.762. The van der Waals surface area contributed by atoms with Gasteiger partial charge in [0, 0.05) is 50.9 Å². The molecule has 1 aromatic carbocycles. The van der Waals surface area contributed by atoms with Gasteiger partial charge in [-0.1, -0.05) is 18.2 Å². The predicted octanol–water partition coefficient (Wildman–Crippen LogP) is 1.81. The molecule has 4 rings (SSSR count). The van der Waals surface area contributed by atoms with Crippen LogP contribution in [0, 0.1) is 0 Å². The fraction of sp³-hybridized carbons (Fsp3) is 0.545. The van der Waals surface area contributed by atoms with E-state index in [1.165, 1.54) is 0 Å². The van der Waals surface area contributed by atoms with E-state index < -0.39 is 0 Å². The first-order valence-corrected chi connectivity index (χ1v) is 11.0. The van der Waals surface area contributed by atoms with E-state index in [0.29, 0.717) is 12.5 Å². The molecule has 0 unspecified atom stereocenters. The molecule has 0 saturated carbocycles. The maximum Gasteiger partial charge on any atom is 0.317 e. The normalized spacial score (nSPS) is 18.7. The number of para-hydroxylation sites is 1. The summed E-state index contributed by atoms with van der Waals surface area (Å²) in [6, 6.07) is 9.69. The molecule has 0 atom stereocenters. The zero-order valence-electron chi connectivity index (χ0n) is 18.0. The molecule has 0 spiro atoms. The van der Waals surface area contributed by atoms with Gasteiger partial charge in [-0.25, -0.2) is 4.79 Å². The molecule has 1 aromatic heterocycles. The first-order valence-electron chi connectivity index (χ1n) is 11.0. The Morgan fingerprint density at radius 3 is 2.39 bits per heavy atom. The van der Waals surface area contributed by atoms with E-state index in [0.717, 1.165) is 63.4 Å². The minimum Gasteiger partial charge on any atom is -0.335 e. The number of amides is 3. The highest BCUT2D eigenvalue weighted by Gasteiger charge is 2.28. The summed E-state index contributed by atoms with van der Waals surface area (Å²) in [5, 5.41) is 14.3. The number of carbonyl (C=O) groups excluding carboxylic acids is 2. The van der Waals surface area contributed by atoms with Crippen LogP contribution in [-0.2, 0) is 11.8 Å². The Morgan fingerprint density at radius 1 is 1.03 bits per heavy atom. The summed E-state index contributed by atoms with van der Waals surface area (Å²) in [7, 11) is 1.96. The zero-order valence-corrected chi connectivity index (χ0v) is 18.0. The van der Waals surface area contributed by atoms with Crippen molar-refractivity contribution in [3.63, 3.8) is 0 Å². The number of rotatable bonds is 5. The highest BCUT2D eigenvalue weighted by molar-refractivity contribution is 5.92. The smallest absolute Gasteiger partial charge is 0.317 e. The number of carbonyl (C=O) groups is 2. The van der Waals surface area contributed by atoms with Crippen LogP contribution in [0.15, 0.2) is 36.7 Å². The van der Waals surface area contributed by atoms with Gasteiger partial charge in [0.05, 0.1) is 6.54 Å². The van der Waals surface area contributed by atoms with Crippen LogP contribution in [0.2, 0.25) is 0 Å². The van der Waals surface area contributed by atoms with Gasteiger partial charge >= 0.3 is 6.03 Å². The second kappa shape index (κ2) is 9.91. The van der Waals surface area contributed by atoms with Gasteiger partial charge in [0.1, 0.15) is 12.2 Å². The molecule has 2 aromatic rings. The first kappa shape index (κ1) is 21.3. The summed E-state index contributed by atoms with van der Waals surface area (Å²) in [5.74, 6) is 1.37. The third kappa shape index (κ3) is 5.61. The van der Waals surface area contributed by atoms with Crippen LogP contribution in [-0.4, -0.2) is 75.3 Å². The average molecular weight is 426 g/mol. The van der Waals surface area contributed by atoms with Crippen molar-refractivity contribution < 1.29 is 9.59 Å². The number of aryl methyl sites for hydroxylation is 1. The van der Waals surface area contributed by atoms with Crippen LogP contribution in [0.25, 0.3) is 0 Å². The van der Waals surface area contributed by atoms with Crippen molar-refractivity contribution in [1.29, 1.82) is 0 Å². The van der Waals surface area contributed by atoms with Crippen LogP contribution < -0.4 is 10.6 Å². The lowest BCUT2D eigenvalue weighted by Crippen LogP contribution is -2.51. The van der Waals surface area contributed by atoms with Crippen LogP contribution in [0.5, 0.6) is 0 Å². The van der Waals surface area contributed by atoms with E-state index in [4.69, 9.17) is 0 Å². The molecule has 166 valence electrons. The standard InChI is InChI=1S/C22H31N7O2/c1-27-16-23-26-21(27)17-7-13-29(14-8-17)22(31)25-19-9-11-28(12-10-19)15-20(30)24-18-5-3-2-4-6-18/h2-6,16-17,19H,7-15H2,1H3,(H,24,30)(H,25,31). The number of anilines is 1. The molecule has 2 aliphatic heterocycles. The average Bonchev–Trinajstić information content (AvgIpc) is 3.21. The molecular weight excluding hydrogens is 394 g/mol. The number of urea groups is 1. The number of aromatic nitrogens is 3. The largest absolute Gasteiger partial charge is 0.335 e. The van der Waals surface area contributed by atoms with Crippen molar-refractivity contribution in [2.75, 3.05) is 38.0 Å². The summed E-state index contributed by atoms with van der Waals surface area (Å²) in [4.78, 5) is 29.0. The van der Waals surface area contributed by atoms with Crippen molar-refractivity contribution in [3.8, 4) is 0 Å². The third-order valence-corrected chi connectivity index (χ3v) is 6.23. The van der Waals surface area contributed by atoms with Crippen molar-refractivity contribution in [3.05, 3.63) is 42.5 Å². The summed E-state index contributed by atoms with van der Waals surface area (Å²) in [6.07, 6.45) is 5.27. The maximum absolute atomic E-state index is 12.7.